The van der Waals surface area contributed by atoms with Crippen molar-refractivity contribution in [3.8, 4) is 0 Å². The number of anilines is 1. The molecule has 0 amide bonds. The Bertz CT molecular complexity index is 403. The minimum absolute atomic E-state index is 0.828. The molecule has 1 saturated heterocycles. The molecule has 0 bridgehead atoms. The lowest BCUT2D eigenvalue weighted by Crippen LogP contribution is -2.46. The van der Waals surface area contributed by atoms with Crippen LogP contribution < -0.4 is 10.2 Å². The topological polar surface area (TPSA) is 18.5 Å². The van der Waals surface area contributed by atoms with E-state index >= 15 is 0 Å². The second-order valence-electron chi connectivity index (χ2n) is 5.77. The van der Waals surface area contributed by atoms with Crippen molar-refractivity contribution in [1.29, 1.82) is 0 Å². The molecular formula is C17H28ClN3. The zero-order valence-electron chi connectivity index (χ0n) is 13.2. The Labute approximate surface area is 134 Å². The average Bonchev–Trinajstić information content (AvgIpc) is 2.51. The predicted molar refractivity (Wildman–Crippen MR) is 92.5 cm³/mol. The van der Waals surface area contributed by atoms with E-state index in [0.717, 1.165) is 44.3 Å². The second kappa shape index (κ2) is 9.29. The normalized spacial score (nSPS) is 16.4. The quantitative estimate of drug-likeness (QED) is 0.744. The van der Waals surface area contributed by atoms with Gasteiger partial charge in [-0.3, -0.25) is 4.90 Å². The van der Waals surface area contributed by atoms with E-state index in [1.165, 1.54) is 31.5 Å². The van der Waals surface area contributed by atoms with Crippen LogP contribution >= 0.6 is 11.6 Å². The van der Waals surface area contributed by atoms with Gasteiger partial charge in [0.2, 0.25) is 0 Å². The summed E-state index contributed by atoms with van der Waals surface area (Å²) in [5, 5.41) is 4.30. The number of hydrogen-bond acceptors (Lipinski definition) is 3. The zero-order chi connectivity index (χ0) is 14.9. The number of halogens is 1. The number of unbranched alkanes of at least 4 members (excludes halogenated alkanes) is 1. The van der Waals surface area contributed by atoms with Gasteiger partial charge in [-0.05, 0) is 57.1 Å². The number of nitrogens with zero attached hydrogens (tertiary/aromatic N) is 2. The Morgan fingerprint density at radius 2 is 1.90 bits per heavy atom. The van der Waals surface area contributed by atoms with Crippen molar-refractivity contribution >= 4 is 17.3 Å². The van der Waals surface area contributed by atoms with Crippen LogP contribution in [-0.4, -0.2) is 50.7 Å². The lowest BCUT2D eigenvalue weighted by atomic mass is 10.2. The SMILES string of the molecule is CCCNCCCCN1CCN(c2cccc(Cl)c2)CC1. The maximum atomic E-state index is 6.07. The van der Waals surface area contributed by atoms with Gasteiger partial charge in [0.05, 0.1) is 0 Å². The van der Waals surface area contributed by atoms with E-state index in [2.05, 4.69) is 34.2 Å². The van der Waals surface area contributed by atoms with Gasteiger partial charge in [0.25, 0.3) is 0 Å². The van der Waals surface area contributed by atoms with Gasteiger partial charge in [0, 0.05) is 36.9 Å². The molecule has 0 spiro atoms. The summed E-state index contributed by atoms with van der Waals surface area (Å²) < 4.78 is 0. The van der Waals surface area contributed by atoms with E-state index in [-0.39, 0.29) is 0 Å². The van der Waals surface area contributed by atoms with Crippen LogP contribution in [0.25, 0.3) is 0 Å². The van der Waals surface area contributed by atoms with Crippen LogP contribution in [-0.2, 0) is 0 Å². The fourth-order valence-corrected chi connectivity index (χ4v) is 2.97. The van der Waals surface area contributed by atoms with E-state index in [1.807, 2.05) is 12.1 Å². The van der Waals surface area contributed by atoms with Gasteiger partial charge < -0.3 is 10.2 Å². The smallest absolute Gasteiger partial charge is 0.0426 e. The van der Waals surface area contributed by atoms with Crippen molar-refractivity contribution in [3.63, 3.8) is 0 Å². The molecule has 21 heavy (non-hydrogen) atoms. The maximum Gasteiger partial charge on any atom is 0.0426 e. The van der Waals surface area contributed by atoms with Gasteiger partial charge in [-0.1, -0.05) is 24.6 Å². The number of nitrogens with one attached hydrogen (secondary N) is 1. The molecule has 1 aromatic carbocycles. The summed E-state index contributed by atoms with van der Waals surface area (Å²) in [6, 6.07) is 8.19. The number of piperazine rings is 1. The molecule has 0 atom stereocenters. The minimum atomic E-state index is 0.828. The molecule has 118 valence electrons. The summed E-state index contributed by atoms with van der Waals surface area (Å²) in [6.45, 7) is 10.3. The van der Waals surface area contributed by atoms with E-state index < -0.39 is 0 Å². The summed E-state index contributed by atoms with van der Waals surface area (Å²) >= 11 is 6.07. The molecule has 1 aromatic rings. The fraction of sp³-hybridized carbons (Fsp3) is 0.647. The first kappa shape index (κ1) is 16.6. The first-order chi connectivity index (χ1) is 10.3. The molecule has 1 heterocycles. The van der Waals surface area contributed by atoms with E-state index in [0.29, 0.717) is 0 Å². The lowest BCUT2D eigenvalue weighted by Gasteiger charge is -2.36. The number of hydrogen-bond donors (Lipinski definition) is 1. The molecule has 2 rings (SSSR count). The van der Waals surface area contributed by atoms with Crippen molar-refractivity contribution in [2.75, 3.05) is 50.7 Å². The highest BCUT2D eigenvalue weighted by Crippen LogP contribution is 2.20. The zero-order valence-corrected chi connectivity index (χ0v) is 13.9. The van der Waals surface area contributed by atoms with Gasteiger partial charge in [-0.2, -0.15) is 0 Å². The van der Waals surface area contributed by atoms with Crippen LogP contribution in [0.4, 0.5) is 5.69 Å². The highest BCUT2D eigenvalue weighted by molar-refractivity contribution is 6.30. The average molecular weight is 310 g/mol. The number of benzene rings is 1. The molecule has 4 heteroatoms. The van der Waals surface area contributed by atoms with Gasteiger partial charge in [0.15, 0.2) is 0 Å². The minimum Gasteiger partial charge on any atom is -0.369 e. The van der Waals surface area contributed by atoms with Crippen LogP contribution in [0, 0.1) is 0 Å². The Morgan fingerprint density at radius 3 is 2.62 bits per heavy atom. The molecule has 0 aromatic heterocycles. The van der Waals surface area contributed by atoms with Crippen molar-refractivity contribution in [2.24, 2.45) is 0 Å². The predicted octanol–water partition coefficient (Wildman–Crippen LogP) is 3.24. The summed E-state index contributed by atoms with van der Waals surface area (Å²) in [4.78, 5) is 5.02. The van der Waals surface area contributed by atoms with Crippen molar-refractivity contribution in [1.82, 2.24) is 10.2 Å². The van der Waals surface area contributed by atoms with E-state index in [1.54, 1.807) is 0 Å². The molecule has 1 N–H and O–H groups in total. The van der Waals surface area contributed by atoms with Gasteiger partial charge >= 0.3 is 0 Å². The van der Waals surface area contributed by atoms with Crippen molar-refractivity contribution in [3.05, 3.63) is 29.3 Å². The highest BCUT2D eigenvalue weighted by Gasteiger charge is 2.16. The molecule has 1 aliphatic heterocycles. The molecule has 0 saturated carbocycles. The largest absolute Gasteiger partial charge is 0.369 e. The van der Waals surface area contributed by atoms with Gasteiger partial charge in [-0.25, -0.2) is 0 Å². The molecule has 0 unspecified atom stereocenters. The summed E-state index contributed by atoms with van der Waals surface area (Å²) in [6.07, 6.45) is 3.81. The summed E-state index contributed by atoms with van der Waals surface area (Å²) in [7, 11) is 0. The van der Waals surface area contributed by atoms with Gasteiger partial charge in [0.1, 0.15) is 0 Å². The fourth-order valence-electron chi connectivity index (χ4n) is 2.79. The molecule has 3 nitrogen and oxygen atoms in total. The molecule has 0 radical (unpaired) electrons. The van der Waals surface area contributed by atoms with Crippen LogP contribution in [0.5, 0.6) is 0 Å². The van der Waals surface area contributed by atoms with Crippen LogP contribution in [0.2, 0.25) is 5.02 Å². The Kier molecular flexibility index (Phi) is 7.34. The number of rotatable bonds is 8. The van der Waals surface area contributed by atoms with Crippen LogP contribution in [0.15, 0.2) is 24.3 Å². The molecule has 1 fully saturated rings. The summed E-state index contributed by atoms with van der Waals surface area (Å²) in [5.41, 5.74) is 1.26. The van der Waals surface area contributed by atoms with Crippen LogP contribution in [0.1, 0.15) is 26.2 Å². The lowest BCUT2D eigenvalue weighted by molar-refractivity contribution is 0.252. The molecule has 0 aliphatic carbocycles. The Balaban J connectivity index is 1.62. The van der Waals surface area contributed by atoms with Crippen LogP contribution in [0.3, 0.4) is 0 Å². The van der Waals surface area contributed by atoms with E-state index in [9.17, 15) is 0 Å². The van der Waals surface area contributed by atoms with E-state index in [4.69, 9.17) is 11.6 Å². The second-order valence-corrected chi connectivity index (χ2v) is 6.20. The first-order valence-electron chi connectivity index (χ1n) is 8.23. The van der Waals surface area contributed by atoms with Gasteiger partial charge in [-0.15, -0.1) is 0 Å². The third kappa shape index (κ3) is 5.85. The first-order valence-corrected chi connectivity index (χ1v) is 8.61. The Morgan fingerprint density at radius 1 is 1.10 bits per heavy atom. The summed E-state index contributed by atoms with van der Waals surface area (Å²) in [5.74, 6) is 0. The maximum absolute atomic E-state index is 6.07. The standard InChI is InChI=1S/C17H28ClN3/c1-2-8-19-9-3-4-10-20-11-13-21(14-12-20)17-7-5-6-16(18)15-17/h5-7,15,19H,2-4,8-14H2,1H3. The third-order valence-corrected chi connectivity index (χ3v) is 4.29. The third-order valence-electron chi connectivity index (χ3n) is 4.05. The monoisotopic (exact) mass is 309 g/mol. The molecular weight excluding hydrogens is 282 g/mol. The highest BCUT2D eigenvalue weighted by atomic mass is 35.5. The van der Waals surface area contributed by atoms with Crippen molar-refractivity contribution in [2.45, 2.75) is 26.2 Å². The van der Waals surface area contributed by atoms with Crippen molar-refractivity contribution < 1.29 is 0 Å². The Hall–Kier alpha value is -0.770. The molecule has 1 aliphatic rings.